The minimum Gasteiger partial charge on any atom is -0.444 e. The van der Waals surface area contributed by atoms with Crippen LogP contribution in [0.15, 0.2) is 0 Å². The van der Waals surface area contributed by atoms with Gasteiger partial charge in [-0.05, 0) is 33.2 Å². The Balaban J connectivity index is 4.62. The lowest BCUT2D eigenvalue weighted by atomic mass is 9.87. The second-order valence-corrected chi connectivity index (χ2v) is 6.23. The normalized spacial score (nSPS) is 14.8. The van der Waals surface area contributed by atoms with Crippen LogP contribution in [0.3, 0.4) is 0 Å². The van der Waals surface area contributed by atoms with E-state index in [1.807, 2.05) is 20.8 Å². The molecule has 0 rings (SSSR count). The highest BCUT2D eigenvalue weighted by molar-refractivity contribution is 5.80. The Bertz CT molecular complexity index is 324. The van der Waals surface area contributed by atoms with Gasteiger partial charge in [0.15, 0.2) is 0 Å². The van der Waals surface area contributed by atoms with Crippen LogP contribution in [0, 0.1) is 11.8 Å². The number of primary amides is 1. The lowest BCUT2D eigenvalue weighted by Gasteiger charge is -2.29. The molecule has 0 aliphatic carbocycles. The third-order valence-corrected chi connectivity index (χ3v) is 2.90. The molecule has 2 amide bonds. The van der Waals surface area contributed by atoms with Crippen molar-refractivity contribution < 1.29 is 14.3 Å². The van der Waals surface area contributed by atoms with Crippen LogP contribution in [0.5, 0.6) is 0 Å². The van der Waals surface area contributed by atoms with Crippen LogP contribution in [0.1, 0.15) is 41.5 Å². The van der Waals surface area contributed by atoms with Crippen molar-refractivity contribution in [2.75, 3.05) is 13.1 Å². The number of amides is 2. The number of hydrogen-bond acceptors (Lipinski definition) is 4. The topological polar surface area (TPSA) is 93.5 Å². The van der Waals surface area contributed by atoms with Crippen molar-refractivity contribution in [3.63, 3.8) is 0 Å². The molecule has 0 spiro atoms. The van der Waals surface area contributed by atoms with Gasteiger partial charge in [-0.1, -0.05) is 20.8 Å². The molecule has 2 unspecified atom stereocenters. The van der Waals surface area contributed by atoms with Gasteiger partial charge < -0.3 is 21.1 Å². The van der Waals surface area contributed by atoms with Crippen LogP contribution in [-0.4, -0.2) is 36.7 Å². The fraction of sp³-hybridized carbons (Fsp3) is 0.857. The van der Waals surface area contributed by atoms with Crippen LogP contribution in [0.4, 0.5) is 4.79 Å². The number of alkyl carbamates (subject to hydrolysis) is 1. The number of rotatable bonds is 7. The Kier molecular flexibility index (Phi) is 7.57. The predicted octanol–water partition coefficient (Wildman–Crippen LogP) is 1.25. The van der Waals surface area contributed by atoms with Crippen molar-refractivity contribution in [1.82, 2.24) is 10.6 Å². The lowest BCUT2D eigenvalue weighted by Crippen LogP contribution is -2.52. The van der Waals surface area contributed by atoms with E-state index in [4.69, 9.17) is 10.5 Å². The molecule has 2 atom stereocenters. The molecular weight excluding hydrogens is 258 g/mol. The van der Waals surface area contributed by atoms with Gasteiger partial charge in [-0.15, -0.1) is 0 Å². The molecule has 0 fully saturated rings. The van der Waals surface area contributed by atoms with Crippen LogP contribution in [0.25, 0.3) is 0 Å². The molecule has 0 aromatic heterocycles. The van der Waals surface area contributed by atoms with Gasteiger partial charge in [-0.2, -0.15) is 0 Å². The van der Waals surface area contributed by atoms with E-state index in [2.05, 4.69) is 10.6 Å². The van der Waals surface area contributed by atoms with Crippen molar-refractivity contribution in [3.8, 4) is 0 Å². The predicted molar refractivity (Wildman–Crippen MR) is 79.2 cm³/mol. The quantitative estimate of drug-likeness (QED) is 0.657. The van der Waals surface area contributed by atoms with E-state index in [1.165, 1.54) is 0 Å². The zero-order chi connectivity index (χ0) is 15.9. The second kappa shape index (κ2) is 8.09. The van der Waals surface area contributed by atoms with Crippen LogP contribution in [0.2, 0.25) is 0 Å². The molecule has 0 aromatic rings. The minimum atomic E-state index is -0.540. The maximum atomic E-state index is 11.7. The van der Waals surface area contributed by atoms with E-state index >= 15 is 0 Å². The van der Waals surface area contributed by atoms with Crippen molar-refractivity contribution in [2.45, 2.75) is 53.2 Å². The average Bonchev–Trinajstić information content (AvgIpc) is 2.24. The Hall–Kier alpha value is -1.30. The summed E-state index contributed by atoms with van der Waals surface area (Å²) in [5, 5.41) is 5.77. The molecule has 0 radical (unpaired) electrons. The fourth-order valence-electron chi connectivity index (χ4n) is 1.94. The van der Waals surface area contributed by atoms with Gasteiger partial charge in [-0.25, -0.2) is 4.79 Å². The van der Waals surface area contributed by atoms with Gasteiger partial charge in [-0.3, -0.25) is 4.79 Å². The number of carbonyl (C=O) groups is 2. The van der Waals surface area contributed by atoms with E-state index in [1.54, 1.807) is 20.8 Å². The third kappa shape index (κ3) is 7.33. The van der Waals surface area contributed by atoms with Gasteiger partial charge in [0.25, 0.3) is 0 Å². The van der Waals surface area contributed by atoms with Gasteiger partial charge in [0.05, 0.1) is 6.04 Å². The zero-order valence-corrected chi connectivity index (χ0v) is 13.4. The average molecular weight is 287 g/mol. The largest absolute Gasteiger partial charge is 0.444 e. The highest BCUT2D eigenvalue weighted by Gasteiger charge is 2.29. The van der Waals surface area contributed by atoms with E-state index in [9.17, 15) is 9.59 Å². The van der Waals surface area contributed by atoms with Gasteiger partial charge in [0.1, 0.15) is 5.60 Å². The summed E-state index contributed by atoms with van der Waals surface area (Å²) in [7, 11) is 0. The van der Waals surface area contributed by atoms with E-state index in [-0.39, 0.29) is 11.8 Å². The number of nitrogens with two attached hydrogens (primary N) is 1. The summed E-state index contributed by atoms with van der Waals surface area (Å²) < 4.78 is 5.18. The monoisotopic (exact) mass is 287 g/mol. The summed E-state index contributed by atoms with van der Waals surface area (Å²) in [5.41, 5.74) is 4.88. The Morgan fingerprint density at radius 2 is 1.80 bits per heavy atom. The molecule has 0 aromatic carbocycles. The van der Waals surface area contributed by atoms with Crippen molar-refractivity contribution in [3.05, 3.63) is 0 Å². The summed E-state index contributed by atoms with van der Waals surface area (Å²) in [6.07, 6.45) is -0.483. The molecule has 0 bridgehead atoms. The lowest BCUT2D eigenvalue weighted by molar-refractivity contribution is -0.121. The van der Waals surface area contributed by atoms with Crippen molar-refractivity contribution >= 4 is 12.0 Å². The number of likely N-dealkylation sites (N-methyl/N-ethyl adjacent to an activating group) is 1. The van der Waals surface area contributed by atoms with Crippen LogP contribution >= 0.6 is 0 Å². The molecule has 0 aliphatic heterocycles. The first-order valence-electron chi connectivity index (χ1n) is 7.08. The summed E-state index contributed by atoms with van der Waals surface area (Å²) in [5.74, 6) is -0.294. The number of carbonyl (C=O) groups excluding carboxylic acids is 2. The molecule has 118 valence electrons. The Morgan fingerprint density at radius 3 is 2.15 bits per heavy atom. The Labute approximate surface area is 121 Å². The highest BCUT2D eigenvalue weighted by atomic mass is 16.6. The SMILES string of the molecule is CCNC(C(N)=O)C(CNC(=O)OC(C)(C)C)C(C)C. The molecule has 4 N–H and O–H groups in total. The van der Waals surface area contributed by atoms with Gasteiger partial charge in [0.2, 0.25) is 5.91 Å². The first kappa shape index (κ1) is 18.7. The Morgan fingerprint density at radius 1 is 1.25 bits per heavy atom. The molecule has 6 nitrogen and oxygen atoms in total. The van der Waals surface area contributed by atoms with E-state index in [0.29, 0.717) is 13.1 Å². The highest BCUT2D eigenvalue weighted by Crippen LogP contribution is 2.15. The summed E-state index contributed by atoms with van der Waals surface area (Å²) >= 11 is 0. The van der Waals surface area contributed by atoms with E-state index < -0.39 is 23.6 Å². The van der Waals surface area contributed by atoms with Crippen molar-refractivity contribution in [2.24, 2.45) is 17.6 Å². The van der Waals surface area contributed by atoms with Crippen LogP contribution < -0.4 is 16.4 Å². The number of ether oxygens (including phenoxy) is 1. The molecule has 0 heterocycles. The van der Waals surface area contributed by atoms with E-state index in [0.717, 1.165) is 0 Å². The number of nitrogens with one attached hydrogen (secondary N) is 2. The molecule has 0 aliphatic rings. The zero-order valence-electron chi connectivity index (χ0n) is 13.4. The van der Waals surface area contributed by atoms with Crippen LogP contribution in [-0.2, 0) is 9.53 Å². The summed E-state index contributed by atoms with van der Waals surface area (Å²) in [4.78, 5) is 23.2. The molecule has 0 saturated heterocycles. The maximum absolute atomic E-state index is 11.7. The maximum Gasteiger partial charge on any atom is 0.407 e. The molecule has 0 saturated carbocycles. The van der Waals surface area contributed by atoms with Gasteiger partial charge >= 0.3 is 6.09 Å². The smallest absolute Gasteiger partial charge is 0.407 e. The fourth-order valence-corrected chi connectivity index (χ4v) is 1.94. The molecular formula is C14H29N3O3. The standard InChI is InChI=1S/C14H29N3O3/c1-7-16-11(12(15)18)10(9(2)3)8-17-13(19)20-14(4,5)6/h9-11,16H,7-8H2,1-6H3,(H2,15,18)(H,17,19). The summed E-state index contributed by atoms with van der Waals surface area (Å²) in [6.45, 7) is 12.3. The summed E-state index contributed by atoms with van der Waals surface area (Å²) in [6, 6.07) is -0.463. The third-order valence-electron chi connectivity index (χ3n) is 2.90. The second-order valence-electron chi connectivity index (χ2n) is 6.23. The first-order chi connectivity index (χ1) is 9.08. The molecule has 20 heavy (non-hydrogen) atoms. The molecule has 6 heteroatoms. The van der Waals surface area contributed by atoms with Gasteiger partial charge in [0, 0.05) is 12.5 Å². The number of hydrogen-bond donors (Lipinski definition) is 3. The van der Waals surface area contributed by atoms with Crippen molar-refractivity contribution in [1.29, 1.82) is 0 Å². The first-order valence-corrected chi connectivity index (χ1v) is 7.08. The minimum absolute atomic E-state index is 0.0834.